The molecule has 1 aromatic rings. The minimum Gasteiger partial charge on any atom is -0.489 e. The van der Waals surface area contributed by atoms with E-state index in [1.54, 1.807) is 12.1 Å². The molecule has 0 unspecified atom stereocenters. The van der Waals surface area contributed by atoms with E-state index in [-0.39, 0.29) is 17.9 Å². The van der Waals surface area contributed by atoms with E-state index < -0.39 is 16.1 Å². The smallest absolute Gasteiger partial charge is 0.251 e. The van der Waals surface area contributed by atoms with Gasteiger partial charge in [-0.15, -0.1) is 0 Å². The van der Waals surface area contributed by atoms with Crippen molar-refractivity contribution in [2.24, 2.45) is 0 Å². The number of hydrogen-bond donors (Lipinski definition) is 2. The van der Waals surface area contributed by atoms with E-state index in [4.69, 9.17) is 16.3 Å². The Labute approximate surface area is 176 Å². The summed E-state index contributed by atoms with van der Waals surface area (Å²) in [7, 11) is -3.19. The number of carbonyl (C=O) groups is 2. The van der Waals surface area contributed by atoms with Crippen molar-refractivity contribution in [3.05, 3.63) is 28.8 Å². The first-order valence-electron chi connectivity index (χ1n) is 9.74. The van der Waals surface area contributed by atoms with Gasteiger partial charge in [-0.3, -0.25) is 9.59 Å². The van der Waals surface area contributed by atoms with Crippen LogP contribution in [-0.4, -0.2) is 62.6 Å². The fraction of sp³-hybridized carbons (Fsp3) is 0.579. The molecule has 2 aliphatic heterocycles. The Balaban J connectivity index is 1.58. The number of amides is 2. The van der Waals surface area contributed by atoms with Crippen molar-refractivity contribution in [3.63, 3.8) is 0 Å². The number of hydrogen-bond acceptors (Lipinski definition) is 5. The van der Waals surface area contributed by atoms with Gasteiger partial charge in [0.1, 0.15) is 17.9 Å². The highest BCUT2D eigenvalue weighted by Gasteiger charge is 2.27. The Hall–Kier alpha value is -1.84. The van der Waals surface area contributed by atoms with Crippen molar-refractivity contribution in [2.45, 2.75) is 44.2 Å². The lowest BCUT2D eigenvalue weighted by atomic mass is 10.1. The molecule has 2 fully saturated rings. The van der Waals surface area contributed by atoms with Crippen LogP contribution in [0.1, 0.15) is 42.5 Å². The Morgan fingerprint density at radius 3 is 2.62 bits per heavy atom. The van der Waals surface area contributed by atoms with Crippen LogP contribution in [0.25, 0.3) is 0 Å². The zero-order valence-electron chi connectivity index (χ0n) is 16.3. The van der Waals surface area contributed by atoms with Crippen LogP contribution in [0.15, 0.2) is 18.2 Å². The van der Waals surface area contributed by atoms with Crippen LogP contribution in [-0.2, 0) is 14.8 Å². The molecule has 2 N–H and O–H groups in total. The third-order valence-electron chi connectivity index (χ3n) is 5.20. The molecule has 0 radical (unpaired) electrons. The van der Waals surface area contributed by atoms with Gasteiger partial charge in [0.15, 0.2) is 0 Å². The number of sulfonamides is 1. The molecule has 8 nitrogen and oxygen atoms in total. The standard InChI is InChI=1S/C19H26ClN3O5S/c1-29(26,27)23-10-7-14(8-11-23)28-17-6-5-13(12-15(17)20)18(24)22-16-4-2-3-9-21-19(16)25/h5-6,12,14,16H,2-4,7-11H2,1H3,(H,21,25)(H,22,24)/t16-/m0/s1. The molecule has 1 atom stereocenters. The molecule has 1 aromatic carbocycles. The van der Waals surface area contributed by atoms with E-state index >= 15 is 0 Å². The molecular weight excluding hydrogens is 418 g/mol. The zero-order chi connectivity index (χ0) is 21.0. The van der Waals surface area contributed by atoms with Crippen LogP contribution >= 0.6 is 11.6 Å². The minimum absolute atomic E-state index is 0.139. The van der Waals surface area contributed by atoms with Crippen LogP contribution in [0.3, 0.4) is 0 Å². The van der Waals surface area contributed by atoms with E-state index in [2.05, 4.69) is 10.6 Å². The van der Waals surface area contributed by atoms with E-state index in [0.717, 1.165) is 12.8 Å². The first-order valence-corrected chi connectivity index (χ1v) is 12.0. The number of piperidine rings is 1. The topological polar surface area (TPSA) is 105 Å². The summed E-state index contributed by atoms with van der Waals surface area (Å²) in [5.74, 6) is -0.0717. The molecule has 2 amide bonds. The van der Waals surface area contributed by atoms with Gasteiger partial charge in [-0.1, -0.05) is 11.6 Å². The lowest BCUT2D eigenvalue weighted by Crippen LogP contribution is -2.45. The van der Waals surface area contributed by atoms with Gasteiger partial charge in [-0.2, -0.15) is 0 Å². The maximum absolute atomic E-state index is 12.5. The second kappa shape index (κ2) is 9.32. The SMILES string of the molecule is CS(=O)(=O)N1CCC(Oc2ccc(C(=O)N[C@H]3CCCCNC3=O)cc2Cl)CC1. The number of nitrogens with one attached hydrogen (secondary N) is 2. The molecule has 0 saturated carbocycles. The summed E-state index contributed by atoms with van der Waals surface area (Å²) < 4.78 is 30.5. The summed E-state index contributed by atoms with van der Waals surface area (Å²) in [4.78, 5) is 24.5. The fourth-order valence-corrected chi connectivity index (χ4v) is 4.62. The molecule has 3 rings (SSSR count). The van der Waals surface area contributed by atoms with Gasteiger partial charge in [0, 0.05) is 25.2 Å². The predicted octanol–water partition coefficient (Wildman–Crippen LogP) is 1.54. The third-order valence-corrected chi connectivity index (χ3v) is 6.80. The van der Waals surface area contributed by atoms with Gasteiger partial charge in [0.25, 0.3) is 5.91 Å². The highest BCUT2D eigenvalue weighted by molar-refractivity contribution is 7.88. The molecule has 0 bridgehead atoms. The van der Waals surface area contributed by atoms with Gasteiger partial charge in [-0.05, 0) is 50.3 Å². The Bertz CT molecular complexity index is 869. The van der Waals surface area contributed by atoms with Gasteiger partial charge < -0.3 is 15.4 Å². The Morgan fingerprint density at radius 1 is 1.24 bits per heavy atom. The number of nitrogens with zero attached hydrogens (tertiary/aromatic N) is 1. The van der Waals surface area contributed by atoms with Gasteiger partial charge >= 0.3 is 0 Å². The van der Waals surface area contributed by atoms with Crippen molar-refractivity contribution in [3.8, 4) is 5.75 Å². The monoisotopic (exact) mass is 443 g/mol. The molecule has 29 heavy (non-hydrogen) atoms. The maximum atomic E-state index is 12.5. The van der Waals surface area contributed by atoms with Crippen molar-refractivity contribution in [1.29, 1.82) is 0 Å². The van der Waals surface area contributed by atoms with Crippen molar-refractivity contribution >= 4 is 33.4 Å². The second-order valence-corrected chi connectivity index (χ2v) is 9.83. The molecule has 0 aliphatic carbocycles. The van der Waals surface area contributed by atoms with Crippen LogP contribution in [0.2, 0.25) is 5.02 Å². The summed E-state index contributed by atoms with van der Waals surface area (Å²) in [5.41, 5.74) is 0.353. The van der Waals surface area contributed by atoms with Crippen LogP contribution in [0, 0.1) is 0 Å². The van der Waals surface area contributed by atoms with Crippen molar-refractivity contribution < 1.29 is 22.7 Å². The summed E-state index contributed by atoms with van der Waals surface area (Å²) in [6.45, 7) is 1.45. The highest BCUT2D eigenvalue weighted by Crippen LogP contribution is 2.29. The molecule has 2 heterocycles. The van der Waals surface area contributed by atoms with E-state index in [1.165, 1.54) is 16.6 Å². The number of halogens is 1. The largest absolute Gasteiger partial charge is 0.489 e. The molecule has 2 aliphatic rings. The number of carbonyl (C=O) groups excluding carboxylic acids is 2. The normalized spacial score (nSPS) is 21.9. The van der Waals surface area contributed by atoms with Crippen molar-refractivity contribution in [1.82, 2.24) is 14.9 Å². The summed E-state index contributed by atoms with van der Waals surface area (Å²) in [6.07, 6.45) is 4.59. The third kappa shape index (κ3) is 5.83. The first kappa shape index (κ1) is 21.9. The highest BCUT2D eigenvalue weighted by atomic mass is 35.5. The Morgan fingerprint density at radius 2 is 1.97 bits per heavy atom. The number of ether oxygens (including phenoxy) is 1. The van der Waals surface area contributed by atoms with E-state index in [1.807, 2.05) is 0 Å². The van der Waals surface area contributed by atoms with Crippen LogP contribution in [0.4, 0.5) is 0 Å². The quantitative estimate of drug-likeness (QED) is 0.718. The van der Waals surface area contributed by atoms with E-state index in [9.17, 15) is 18.0 Å². The average molecular weight is 444 g/mol. The molecule has 10 heteroatoms. The predicted molar refractivity (Wildman–Crippen MR) is 110 cm³/mol. The van der Waals surface area contributed by atoms with Crippen molar-refractivity contribution in [2.75, 3.05) is 25.9 Å². The molecule has 0 aromatic heterocycles. The average Bonchev–Trinajstić information content (AvgIpc) is 2.87. The van der Waals surface area contributed by atoms with E-state index in [0.29, 0.717) is 55.2 Å². The molecule has 2 saturated heterocycles. The first-order chi connectivity index (χ1) is 13.7. The lowest BCUT2D eigenvalue weighted by Gasteiger charge is -2.30. The Kier molecular flexibility index (Phi) is 7.02. The van der Waals surface area contributed by atoms with Crippen LogP contribution in [0.5, 0.6) is 5.75 Å². The molecular formula is C19H26ClN3O5S. The lowest BCUT2D eigenvalue weighted by molar-refractivity contribution is -0.122. The second-order valence-electron chi connectivity index (χ2n) is 7.44. The summed E-state index contributed by atoms with van der Waals surface area (Å²) in [5, 5.41) is 5.85. The number of rotatable bonds is 5. The van der Waals surface area contributed by atoms with Gasteiger partial charge in [0.05, 0.1) is 11.3 Å². The minimum atomic E-state index is -3.19. The fourth-order valence-electron chi connectivity index (χ4n) is 3.52. The number of benzene rings is 1. The summed E-state index contributed by atoms with van der Waals surface area (Å²) >= 11 is 6.30. The maximum Gasteiger partial charge on any atom is 0.251 e. The van der Waals surface area contributed by atoms with Gasteiger partial charge in [0.2, 0.25) is 15.9 Å². The van der Waals surface area contributed by atoms with Crippen LogP contribution < -0.4 is 15.4 Å². The summed E-state index contributed by atoms with van der Waals surface area (Å²) in [6, 6.07) is 4.22. The molecule has 160 valence electrons. The zero-order valence-corrected chi connectivity index (χ0v) is 17.9. The molecule has 0 spiro atoms. The van der Waals surface area contributed by atoms with Gasteiger partial charge in [-0.25, -0.2) is 12.7 Å².